The van der Waals surface area contributed by atoms with Crippen molar-refractivity contribution in [3.8, 4) is 0 Å². The minimum atomic E-state index is -0.775. The summed E-state index contributed by atoms with van der Waals surface area (Å²) in [5, 5.41) is 11.8. The van der Waals surface area contributed by atoms with Crippen molar-refractivity contribution >= 4 is 11.9 Å². The van der Waals surface area contributed by atoms with Gasteiger partial charge in [0.15, 0.2) is 0 Å². The molecule has 0 saturated carbocycles. The van der Waals surface area contributed by atoms with Crippen molar-refractivity contribution in [1.29, 1.82) is 0 Å². The van der Waals surface area contributed by atoms with E-state index in [1.807, 2.05) is 42.2 Å². The van der Waals surface area contributed by atoms with Gasteiger partial charge in [0.1, 0.15) is 0 Å². The highest BCUT2D eigenvalue weighted by Crippen LogP contribution is 2.16. The van der Waals surface area contributed by atoms with Crippen molar-refractivity contribution < 1.29 is 19.4 Å². The van der Waals surface area contributed by atoms with Crippen LogP contribution >= 0.6 is 0 Å². The lowest BCUT2D eigenvalue weighted by atomic mass is 10.1. The number of hydrogen-bond acceptors (Lipinski definition) is 4. The minimum Gasteiger partial charge on any atom is -0.481 e. The zero-order valence-corrected chi connectivity index (χ0v) is 14.1. The van der Waals surface area contributed by atoms with E-state index in [4.69, 9.17) is 9.84 Å². The van der Waals surface area contributed by atoms with Crippen LogP contribution in [0.4, 0.5) is 0 Å². The summed E-state index contributed by atoms with van der Waals surface area (Å²) in [6.07, 6.45) is 1.41. The van der Waals surface area contributed by atoms with Crippen LogP contribution in [0.15, 0.2) is 30.3 Å². The average Bonchev–Trinajstić information content (AvgIpc) is 3.04. The number of hydrogen-bond donors (Lipinski definition) is 2. The second-order valence-electron chi connectivity index (χ2n) is 6.19. The normalized spacial score (nSPS) is 19.1. The van der Waals surface area contributed by atoms with E-state index in [0.29, 0.717) is 32.7 Å². The molecule has 2 N–H and O–H groups in total. The summed E-state index contributed by atoms with van der Waals surface area (Å²) in [5.41, 5.74) is 1.14. The Morgan fingerprint density at radius 2 is 2.12 bits per heavy atom. The van der Waals surface area contributed by atoms with E-state index in [-0.39, 0.29) is 24.5 Å². The maximum absolute atomic E-state index is 11.9. The van der Waals surface area contributed by atoms with Gasteiger partial charge in [-0.1, -0.05) is 30.3 Å². The molecule has 0 aromatic heterocycles. The van der Waals surface area contributed by atoms with Crippen LogP contribution in [0, 0.1) is 5.92 Å². The first kappa shape index (κ1) is 18.4. The van der Waals surface area contributed by atoms with E-state index < -0.39 is 5.97 Å². The molecule has 132 valence electrons. The first-order valence-electron chi connectivity index (χ1n) is 8.44. The van der Waals surface area contributed by atoms with Crippen molar-refractivity contribution in [3.63, 3.8) is 0 Å². The van der Waals surface area contributed by atoms with Crippen molar-refractivity contribution in [3.05, 3.63) is 35.9 Å². The molecule has 0 bridgehead atoms. The predicted octanol–water partition coefficient (Wildman–Crippen LogP) is 1.68. The molecule has 6 heteroatoms. The number of benzene rings is 1. The largest absolute Gasteiger partial charge is 0.481 e. The Balaban J connectivity index is 1.54. The third-order valence-electron chi connectivity index (χ3n) is 4.27. The Kier molecular flexibility index (Phi) is 7.21. The van der Waals surface area contributed by atoms with Crippen LogP contribution in [0.3, 0.4) is 0 Å². The van der Waals surface area contributed by atoms with E-state index >= 15 is 0 Å². The third kappa shape index (κ3) is 5.94. The molecule has 6 nitrogen and oxygen atoms in total. The fraction of sp³-hybridized carbons (Fsp3) is 0.556. The Bertz CT molecular complexity index is 535. The molecule has 2 unspecified atom stereocenters. The number of carboxylic acid groups (broad SMARTS) is 1. The van der Waals surface area contributed by atoms with Crippen molar-refractivity contribution in [2.75, 3.05) is 32.8 Å². The van der Waals surface area contributed by atoms with E-state index in [1.165, 1.54) is 0 Å². The van der Waals surface area contributed by atoms with Gasteiger partial charge >= 0.3 is 5.97 Å². The predicted molar refractivity (Wildman–Crippen MR) is 90.6 cm³/mol. The van der Waals surface area contributed by atoms with Gasteiger partial charge in [-0.2, -0.15) is 0 Å². The zero-order chi connectivity index (χ0) is 17.4. The van der Waals surface area contributed by atoms with Crippen molar-refractivity contribution in [1.82, 2.24) is 10.2 Å². The first-order valence-corrected chi connectivity index (χ1v) is 8.44. The lowest BCUT2D eigenvalue weighted by Crippen LogP contribution is -2.37. The lowest BCUT2D eigenvalue weighted by molar-refractivity contribution is -0.141. The smallest absolute Gasteiger partial charge is 0.307 e. The van der Waals surface area contributed by atoms with E-state index in [2.05, 4.69) is 5.32 Å². The first-order chi connectivity index (χ1) is 11.6. The van der Waals surface area contributed by atoms with Crippen LogP contribution in [0.2, 0.25) is 0 Å². The second-order valence-corrected chi connectivity index (χ2v) is 6.19. The number of nitrogens with zero attached hydrogens (tertiary/aromatic N) is 1. The maximum atomic E-state index is 11.9. The Hall–Kier alpha value is -1.92. The van der Waals surface area contributed by atoms with Crippen LogP contribution in [0.1, 0.15) is 31.4 Å². The molecule has 0 aliphatic carbocycles. The van der Waals surface area contributed by atoms with Gasteiger partial charge in [0.05, 0.1) is 18.6 Å². The molecule has 0 radical (unpaired) electrons. The van der Waals surface area contributed by atoms with Gasteiger partial charge in [-0.3, -0.25) is 14.5 Å². The molecular formula is C18H26N2O4. The highest BCUT2D eigenvalue weighted by molar-refractivity contribution is 5.78. The van der Waals surface area contributed by atoms with Gasteiger partial charge in [-0.15, -0.1) is 0 Å². The van der Waals surface area contributed by atoms with Gasteiger partial charge in [0.2, 0.25) is 5.91 Å². The number of carbonyl (C=O) groups excluding carboxylic acids is 1. The van der Waals surface area contributed by atoms with E-state index in [0.717, 1.165) is 12.0 Å². The lowest BCUT2D eigenvalue weighted by Gasteiger charge is -2.15. The summed E-state index contributed by atoms with van der Waals surface area (Å²) in [6.45, 7) is 4.56. The highest BCUT2D eigenvalue weighted by Gasteiger charge is 2.28. The summed E-state index contributed by atoms with van der Waals surface area (Å²) >= 11 is 0. The second kappa shape index (κ2) is 9.39. The molecule has 1 fully saturated rings. The van der Waals surface area contributed by atoms with E-state index in [9.17, 15) is 9.59 Å². The molecule has 2 atom stereocenters. The topological polar surface area (TPSA) is 78.9 Å². The molecule has 1 aromatic rings. The van der Waals surface area contributed by atoms with Crippen LogP contribution in [-0.4, -0.2) is 54.7 Å². The minimum absolute atomic E-state index is 0.0412. The molecule has 1 aromatic carbocycles. The number of likely N-dealkylation sites (tertiary alicyclic amines) is 1. The van der Waals surface area contributed by atoms with E-state index in [1.54, 1.807) is 0 Å². The average molecular weight is 334 g/mol. The molecule has 1 amide bonds. The maximum Gasteiger partial charge on any atom is 0.307 e. The van der Waals surface area contributed by atoms with Gasteiger partial charge in [0.25, 0.3) is 0 Å². The molecule has 2 rings (SSSR count). The van der Waals surface area contributed by atoms with Crippen LogP contribution in [-0.2, 0) is 14.3 Å². The molecule has 24 heavy (non-hydrogen) atoms. The fourth-order valence-corrected chi connectivity index (χ4v) is 2.82. The van der Waals surface area contributed by atoms with Crippen LogP contribution in [0.5, 0.6) is 0 Å². The standard InChI is InChI=1S/C18H26N2O4/c1-14(15-6-3-2-4-7-15)24-11-5-9-19-17(21)13-20-10-8-16(12-20)18(22)23/h2-4,6-7,14,16H,5,8-13H2,1H3,(H,19,21)(H,22,23). The fourth-order valence-electron chi connectivity index (χ4n) is 2.82. The Labute approximate surface area is 142 Å². The number of ether oxygens (including phenoxy) is 1. The summed E-state index contributed by atoms with van der Waals surface area (Å²) in [5.74, 6) is -1.18. The summed E-state index contributed by atoms with van der Waals surface area (Å²) in [4.78, 5) is 24.6. The molecule has 1 saturated heterocycles. The summed E-state index contributed by atoms with van der Waals surface area (Å²) in [6, 6.07) is 10.0. The molecule has 0 spiro atoms. The van der Waals surface area contributed by atoms with Crippen LogP contribution < -0.4 is 5.32 Å². The molecule has 1 heterocycles. The number of aliphatic carboxylic acids is 1. The SMILES string of the molecule is CC(OCCCNC(=O)CN1CCC(C(=O)O)C1)c1ccccc1. The molecular weight excluding hydrogens is 308 g/mol. The van der Waals surface area contributed by atoms with Crippen molar-refractivity contribution in [2.45, 2.75) is 25.9 Å². The zero-order valence-electron chi connectivity index (χ0n) is 14.1. The Morgan fingerprint density at radius 3 is 2.79 bits per heavy atom. The van der Waals surface area contributed by atoms with Gasteiger partial charge in [0, 0.05) is 19.7 Å². The number of nitrogens with one attached hydrogen (secondary N) is 1. The number of carboxylic acids is 1. The molecule has 1 aliphatic rings. The third-order valence-corrected chi connectivity index (χ3v) is 4.27. The summed E-state index contributed by atoms with van der Waals surface area (Å²) < 4.78 is 5.76. The molecule has 1 aliphatic heterocycles. The van der Waals surface area contributed by atoms with Gasteiger partial charge in [-0.25, -0.2) is 0 Å². The monoisotopic (exact) mass is 334 g/mol. The number of carbonyl (C=O) groups is 2. The Morgan fingerprint density at radius 1 is 1.38 bits per heavy atom. The number of amides is 1. The summed E-state index contributed by atoms with van der Waals surface area (Å²) in [7, 11) is 0. The number of rotatable bonds is 9. The van der Waals surface area contributed by atoms with Gasteiger partial charge < -0.3 is 15.2 Å². The highest BCUT2D eigenvalue weighted by atomic mass is 16.5. The van der Waals surface area contributed by atoms with Gasteiger partial charge in [-0.05, 0) is 31.9 Å². The van der Waals surface area contributed by atoms with Crippen molar-refractivity contribution in [2.24, 2.45) is 5.92 Å². The quantitative estimate of drug-likeness (QED) is 0.672. The van der Waals surface area contributed by atoms with Crippen LogP contribution in [0.25, 0.3) is 0 Å².